The molecule has 0 spiro atoms. The minimum Gasteiger partial charge on any atom is -0.491 e. The van der Waals surface area contributed by atoms with Gasteiger partial charge in [0.25, 0.3) is 5.91 Å². The number of benzene rings is 2. The SMILES string of the molecule is CC(C)Oc1ccc(C(=O)C2CCCN(C(=O)c3ccc(F)cc3)C2)cc1. The Morgan fingerprint density at radius 1 is 1.04 bits per heavy atom. The van der Waals surface area contributed by atoms with Crippen molar-refractivity contribution in [2.45, 2.75) is 32.8 Å². The van der Waals surface area contributed by atoms with Gasteiger partial charge in [0, 0.05) is 30.1 Å². The normalized spacial score (nSPS) is 17.0. The van der Waals surface area contributed by atoms with Crippen LogP contribution in [0, 0.1) is 11.7 Å². The number of nitrogens with zero attached hydrogens (tertiary/aromatic N) is 1. The van der Waals surface area contributed by atoms with Gasteiger partial charge in [-0.25, -0.2) is 4.39 Å². The Bertz CT molecular complexity index is 799. The molecule has 0 N–H and O–H groups in total. The summed E-state index contributed by atoms with van der Waals surface area (Å²) in [5, 5.41) is 0. The molecule has 1 saturated heterocycles. The molecule has 1 amide bonds. The molecule has 0 radical (unpaired) electrons. The molecule has 2 aromatic rings. The van der Waals surface area contributed by atoms with E-state index in [1.54, 1.807) is 29.2 Å². The van der Waals surface area contributed by atoms with Gasteiger partial charge in [-0.3, -0.25) is 9.59 Å². The first-order valence-electron chi connectivity index (χ1n) is 9.30. The summed E-state index contributed by atoms with van der Waals surface area (Å²) < 4.78 is 18.7. The Morgan fingerprint density at radius 2 is 1.67 bits per heavy atom. The summed E-state index contributed by atoms with van der Waals surface area (Å²) in [5.74, 6) is 0.0253. The molecule has 3 rings (SSSR count). The van der Waals surface area contributed by atoms with E-state index in [0.29, 0.717) is 24.2 Å². The van der Waals surface area contributed by atoms with Crippen LogP contribution in [0.4, 0.5) is 4.39 Å². The number of carbonyl (C=O) groups is 2. The molecule has 27 heavy (non-hydrogen) atoms. The van der Waals surface area contributed by atoms with Crippen LogP contribution in [-0.2, 0) is 0 Å². The number of halogens is 1. The van der Waals surface area contributed by atoms with Crippen molar-refractivity contribution in [2.75, 3.05) is 13.1 Å². The minimum atomic E-state index is -0.372. The molecule has 1 atom stereocenters. The monoisotopic (exact) mass is 369 g/mol. The molecule has 0 aliphatic carbocycles. The second-order valence-corrected chi connectivity index (χ2v) is 7.15. The summed E-state index contributed by atoms with van der Waals surface area (Å²) >= 11 is 0. The van der Waals surface area contributed by atoms with Crippen molar-refractivity contribution in [1.82, 2.24) is 4.90 Å². The van der Waals surface area contributed by atoms with Gasteiger partial charge in [-0.15, -0.1) is 0 Å². The quantitative estimate of drug-likeness (QED) is 0.736. The van der Waals surface area contributed by atoms with Crippen LogP contribution in [0.3, 0.4) is 0 Å². The molecule has 1 heterocycles. The summed E-state index contributed by atoms with van der Waals surface area (Å²) in [5.41, 5.74) is 1.08. The van der Waals surface area contributed by atoms with Gasteiger partial charge < -0.3 is 9.64 Å². The Kier molecular flexibility index (Phi) is 5.89. The summed E-state index contributed by atoms with van der Waals surface area (Å²) in [6, 6.07) is 12.7. The molecule has 0 aromatic heterocycles. The maximum Gasteiger partial charge on any atom is 0.253 e. The number of Topliss-reactive ketones (excluding diaryl/α,β-unsaturated/α-hetero) is 1. The van der Waals surface area contributed by atoms with E-state index in [9.17, 15) is 14.0 Å². The Hall–Kier alpha value is -2.69. The number of hydrogen-bond acceptors (Lipinski definition) is 3. The first-order valence-corrected chi connectivity index (χ1v) is 9.30. The number of carbonyl (C=O) groups excluding carboxylic acids is 2. The van der Waals surface area contributed by atoms with Gasteiger partial charge in [-0.1, -0.05) is 0 Å². The van der Waals surface area contributed by atoms with Crippen molar-refractivity contribution in [3.05, 3.63) is 65.5 Å². The van der Waals surface area contributed by atoms with Crippen molar-refractivity contribution in [3.63, 3.8) is 0 Å². The first-order chi connectivity index (χ1) is 12.9. The fourth-order valence-corrected chi connectivity index (χ4v) is 3.36. The number of rotatable bonds is 5. The van der Waals surface area contributed by atoms with Crippen molar-refractivity contribution in [2.24, 2.45) is 5.92 Å². The summed E-state index contributed by atoms with van der Waals surface area (Å²) in [4.78, 5) is 27.2. The minimum absolute atomic E-state index is 0.0442. The first kappa shape index (κ1) is 19.1. The van der Waals surface area contributed by atoms with E-state index in [1.807, 2.05) is 13.8 Å². The summed E-state index contributed by atoms with van der Waals surface area (Å²) in [6.45, 7) is 4.90. The van der Waals surface area contributed by atoms with Crippen LogP contribution in [0.2, 0.25) is 0 Å². The highest BCUT2D eigenvalue weighted by Gasteiger charge is 2.29. The molecule has 142 valence electrons. The topological polar surface area (TPSA) is 46.6 Å². The molecule has 5 heteroatoms. The zero-order valence-electron chi connectivity index (χ0n) is 15.7. The highest BCUT2D eigenvalue weighted by Crippen LogP contribution is 2.24. The Balaban J connectivity index is 1.67. The maximum atomic E-state index is 13.1. The van der Waals surface area contributed by atoms with Crippen LogP contribution in [0.1, 0.15) is 47.4 Å². The molecule has 0 bridgehead atoms. The molecular formula is C22H24FNO3. The van der Waals surface area contributed by atoms with E-state index < -0.39 is 0 Å². The average Bonchev–Trinajstić information content (AvgIpc) is 2.68. The fourth-order valence-electron chi connectivity index (χ4n) is 3.36. The molecule has 1 aliphatic rings. The second-order valence-electron chi connectivity index (χ2n) is 7.15. The van der Waals surface area contributed by atoms with Gasteiger partial charge in [0.15, 0.2) is 5.78 Å². The van der Waals surface area contributed by atoms with Crippen LogP contribution < -0.4 is 4.74 Å². The van der Waals surface area contributed by atoms with E-state index in [1.165, 1.54) is 24.3 Å². The largest absolute Gasteiger partial charge is 0.491 e. The molecular weight excluding hydrogens is 345 g/mol. The second kappa shape index (κ2) is 8.33. The molecule has 1 fully saturated rings. The van der Waals surface area contributed by atoms with Crippen molar-refractivity contribution >= 4 is 11.7 Å². The van der Waals surface area contributed by atoms with E-state index in [0.717, 1.165) is 18.6 Å². The lowest BCUT2D eigenvalue weighted by molar-refractivity contribution is 0.0637. The van der Waals surface area contributed by atoms with Gasteiger partial charge in [0.2, 0.25) is 0 Å². The third kappa shape index (κ3) is 4.73. The average molecular weight is 369 g/mol. The zero-order chi connectivity index (χ0) is 19.4. The molecule has 1 unspecified atom stereocenters. The number of hydrogen-bond donors (Lipinski definition) is 0. The highest BCUT2D eigenvalue weighted by atomic mass is 19.1. The predicted octanol–water partition coefficient (Wildman–Crippen LogP) is 4.35. The van der Waals surface area contributed by atoms with Gasteiger partial charge in [-0.05, 0) is 75.2 Å². The van der Waals surface area contributed by atoms with Crippen molar-refractivity contribution in [1.29, 1.82) is 0 Å². The Morgan fingerprint density at radius 3 is 2.30 bits per heavy atom. The smallest absolute Gasteiger partial charge is 0.253 e. The van der Waals surface area contributed by atoms with Crippen LogP contribution in [-0.4, -0.2) is 35.8 Å². The van der Waals surface area contributed by atoms with Gasteiger partial charge >= 0.3 is 0 Å². The number of amides is 1. The van der Waals surface area contributed by atoms with Crippen molar-refractivity contribution < 1.29 is 18.7 Å². The van der Waals surface area contributed by atoms with Gasteiger partial charge in [0.05, 0.1) is 6.10 Å². The number of piperidine rings is 1. The molecule has 4 nitrogen and oxygen atoms in total. The third-order valence-corrected chi connectivity index (χ3v) is 4.68. The van der Waals surface area contributed by atoms with E-state index in [-0.39, 0.29) is 29.5 Å². The summed E-state index contributed by atoms with van der Waals surface area (Å²) in [7, 11) is 0. The molecule has 2 aromatic carbocycles. The maximum absolute atomic E-state index is 13.1. The van der Waals surface area contributed by atoms with Crippen LogP contribution >= 0.6 is 0 Å². The lowest BCUT2D eigenvalue weighted by Crippen LogP contribution is -2.42. The predicted molar refractivity (Wildman–Crippen MR) is 102 cm³/mol. The summed E-state index contributed by atoms with van der Waals surface area (Å²) in [6.07, 6.45) is 1.62. The van der Waals surface area contributed by atoms with Gasteiger partial charge in [0.1, 0.15) is 11.6 Å². The zero-order valence-corrected chi connectivity index (χ0v) is 15.7. The van der Waals surface area contributed by atoms with Crippen LogP contribution in [0.5, 0.6) is 5.75 Å². The fraction of sp³-hybridized carbons (Fsp3) is 0.364. The van der Waals surface area contributed by atoms with Crippen LogP contribution in [0.25, 0.3) is 0 Å². The number of likely N-dealkylation sites (tertiary alicyclic amines) is 1. The lowest BCUT2D eigenvalue weighted by Gasteiger charge is -2.32. The van der Waals surface area contributed by atoms with Crippen molar-refractivity contribution in [3.8, 4) is 5.75 Å². The standard InChI is InChI=1S/C22H24FNO3/c1-15(2)27-20-11-7-16(8-12-20)21(25)18-4-3-13-24(14-18)22(26)17-5-9-19(23)10-6-17/h5-12,15,18H,3-4,13-14H2,1-2H3. The van der Waals surface area contributed by atoms with Crippen LogP contribution in [0.15, 0.2) is 48.5 Å². The lowest BCUT2D eigenvalue weighted by atomic mass is 9.89. The third-order valence-electron chi connectivity index (χ3n) is 4.68. The highest BCUT2D eigenvalue weighted by molar-refractivity contribution is 5.99. The molecule has 0 saturated carbocycles. The van der Waals surface area contributed by atoms with E-state index >= 15 is 0 Å². The van der Waals surface area contributed by atoms with E-state index in [2.05, 4.69) is 0 Å². The van der Waals surface area contributed by atoms with E-state index in [4.69, 9.17) is 4.74 Å². The van der Waals surface area contributed by atoms with Gasteiger partial charge in [-0.2, -0.15) is 0 Å². The Labute approximate surface area is 158 Å². The number of ketones is 1. The molecule has 1 aliphatic heterocycles. The number of ether oxygens (including phenoxy) is 1.